The predicted octanol–water partition coefficient (Wildman–Crippen LogP) is 6.60. The first-order valence-corrected chi connectivity index (χ1v) is 24.9. The van der Waals surface area contributed by atoms with Gasteiger partial charge in [-0.15, -0.1) is 0 Å². The molecule has 7 rings (SSSR count). The average Bonchev–Trinajstić information content (AvgIpc) is 3.82. The second kappa shape index (κ2) is 21.3. The maximum absolute atomic E-state index is 17.8. The fourth-order valence-electron chi connectivity index (χ4n) is 11.9. The summed E-state index contributed by atoms with van der Waals surface area (Å²) in [5, 5.41) is 24.8. The highest BCUT2D eigenvalue weighted by atomic mass is 32.2. The smallest absolute Gasteiger partial charge is 0.373 e. The standard InChI is InChI=1S/C52H63F2NO10S.CO2/c1-28(20-36(57)12-9-13-42(59)31(4)66-7)47(63)55-30(3)43(60)22-32-10-8-11-35(21-32)29(2)33-14-16-34(17-15-33)48-64-46-25-38-39-24-41(53)40-23-37(58)18-19-49(40,5)51(39,54)44(61)26-50(38,6)52(46,65-48)45(62)27-56;2-1-3/h8,10-11,14-19,21,23,28-31,38-39,41,44,46,48,56,61H,9,12-13,20,22,24-27H2,1-7H3,(H,55,63);/t28-,29-,30+,31?,38+,39+,41+,44+,46-,48-,49+,50+,51+,52-;/m1./s1. The van der Waals surface area contributed by atoms with E-state index in [9.17, 15) is 39.0 Å². The molecule has 5 aliphatic rings. The van der Waals surface area contributed by atoms with Crippen LogP contribution in [0, 0.1) is 28.6 Å². The fraction of sp³-hybridized carbons (Fsp3) is 0.566. The van der Waals surface area contributed by atoms with Crippen molar-refractivity contribution in [2.45, 2.75) is 146 Å². The molecule has 13 nitrogen and oxygen atoms in total. The number of carbonyl (C=O) groups is 6. The van der Waals surface area contributed by atoms with Gasteiger partial charge in [0.05, 0.1) is 23.5 Å². The first-order valence-electron chi connectivity index (χ1n) is 23.6. The maximum Gasteiger partial charge on any atom is 0.373 e. The van der Waals surface area contributed by atoms with E-state index in [-0.39, 0.29) is 84.7 Å². The van der Waals surface area contributed by atoms with Gasteiger partial charge in [-0.25, -0.2) is 8.78 Å². The van der Waals surface area contributed by atoms with Crippen LogP contribution in [-0.4, -0.2) is 105 Å². The van der Waals surface area contributed by atoms with Gasteiger partial charge in [0, 0.05) is 59.8 Å². The second-order valence-electron chi connectivity index (χ2n) is 19.9. The van der Waals surface area contributed by atoms with E-state index in [2.05, 4.69) is 5.32 Å². The molecule has 2 aromatic rings. The number of rotatable bonds is 18. The van der Waals surface area contributed by atoms with Crippen LogP contribution in [0.15, 0.2) is 72.3 Å². The number of amides is 1. The van der Waals surface area contributed by atoms with Crippen molar-refractivity contribution in [3.8, 4) is 0 Å². The van der Waals surface area contributed by atoms with Crippen molar-refractivity contribution in [2.24, 2.45) is 28.6 Å². The van der Waals surface area contributed by atoms with E-state index in [4.69, 9.17) is 19.1 Å². The molecule has 4 aliphatic carbocycles. The number of alkyl halides is 2. The van der Waals surface area contributed by atoms with Gasteiger partial charge in [-0.3, -0.25) is 28.8 Å². The largest absolute Gasteiger partial charge is 0.390 e. The summed E-state index contributed by atoms with van der Waals surface area (Å²) in [6.45, 7) is 9.54. The van der Waals surface area contributed by atoms with Gasteiger partial charge in [-0.2, -0.15) is 21.4 Å². The molecule has 14 atom stereocenters. The van der Waals surface area contributed by atoms with E-state index in [0.717, 1.165) is 22.8 Å². The first kappa shape index (κ1) is 53.5. The number of ether oxygens (including phenoxy) is 2. The van der Waals surface area contributed by atoms with Gasteiger partial charge in [0.2, 0.25) is 5.91 Å². The van der Waals surface area contributed by atoms with Gasteiger partial charge in [0.25, 0.3) is 0 Å². The summed E-state index contributed by atoms with van der Waals surface area (Å²) >= 11 is 1.47. The van der Waals surface area contributed by atoms with Crippen molar-refractivity contribution < 1.29 is 66.8 Å². The quantitative estimate of drug-likeness (QED) is 0.144. The zero-order valence-corrected chi connectivity index (χ0v) is 40.9. The molecule has 1 saturated heterocycles. The van der Waals surface area contributed by atoms with E-state index in [0.29, 0.717) is 18.4 Å². The molecule has 0 bridgehead atoms. The minimum Gasteiger partial charge on any atom is -0.390 e. The zero-order chi connectivity index (χ0) is 50.8. The lowest BCUT2D eigenvalue weighted by Crippen LogP contribution is -2.70. The van der Waals surface area contributed by atoms with Crippen LogP contribution >= 0.6 is 11.8 Å². The number of carbonyl (C=O) groups excluding carboxylic acids is 8. The molecule has 1 amide bonds. The molecule has 1 aliphatic heterocycles. The van der Waals surface area contributed by atoms with Crippen molar-refractivity contribution in [1.82, 2.24) is 5.32 Å². The molecule has 3 saturated carbocycles. The number of aliphatic hydroxyl groups excluding tert-OH is 2. The number of thioether (sulfide) groups is 1. The van der Waals surface area contributed by atoms with E-state index in [1.807, 2.05) is 68.6 Å². The van der Waals surface area contributed by atoms with E-state index < -0.39 is 88.7 Å². The van der Waals surface area contributed by atoms with Crippen molar-refractivity contribution >= 4 is 52.7 Å². The molecule has 1 unspecified atom stereocenters. The van der Waals surface area contributed by atoms with Gasteiger partial charge in [-0.1, -0.05) is 75.4 Å². The highest BCUT2D eigenvalue weighted by Gasteiger charge is 2.80. The average molecular weight is 976 g/mol. The summed E-state index contributed by atoms with van der Waals surface area (Å²) in [4.78, 5) is 93.3. The zero-order valence-electron chi connectivity index (χ0n) is 40.1. The highest BCUT2D eigenvalue weighted by molar-refractivity contribution is 7.99. The Morgan fingerprint density at radius 1 is 0.957 bits per heavy atom. The number of fused-ring (bicyclic) bond motifs is 7. The SMILES string of the molecule is CSC(C)C(=O)CCCC(=O)C[C@@H](C)C(=O)N[C@@H](C)C(=O)Cc1cccc([C@H](C)c2ccc([C@@H]3O[C@@H]4C[C@H]5[C@@H]6C[C@H](F)C7=CC(=O)C=C[C@]7(C)[C@@]6(F)[C@@H](O)C[C@]5(C)[C@]4(C(=O)CO)O3)cc2)c1.O=C=O. The topological polar surface area (TPSA) is 208 Å². The Bertz CT molecular complexity index is 2420. The molecule has 372 valence electrons. The van der Waals surface area contributed by atoms with Crippen molar-refractivity contribution in [2.75, 3.05) is 12.9 Å². The van der Waals surface area contributed by atoms with Crippen LogP contribution in [-0.2, 0) is 54.3 Å². The molecule has 69 heavy (non-hydrogen) atoms. The van der Waals surface area contributed by atoms with Crippen molar-refractivity contribution in [3.05, 3.63) is 94.6 Å². The number of hydrogen-bond acceptors (Lipinski definition) is 13. The van der Waals surface area contributed by atoms with Crippen LogP contribution in [0.25, 0.3) is 0 Å². The summed E-state index contributed by atoms with van der Waals surface area (Å²) < 4.78 is 47.0. The van der Waals surface area contributed by atoms with Gasteiger partial charge >= 0.3 is 6.15 Å². The van der Waals surface area contributed by atoms with Crippen LogP contribution < -0.4 is 5.32 Å². The third kappa shape index (κ3) is 9.82. The van der Waals surface area contributed by atoms with E-state index in [1.54, 1.807) is 20.8 Å². The van der Waals surface area contributed by atoms with Crippen LogP contribution in [0.4, 0.5) is 8.78 Å². The molecule has 16 heteroatoms. The first-order chi connectivity index (χ1) is 32.6. The fourth-order valence-corrected chi connectivity index (χ4v) is 12.3. The Hall–Kier alpha value is -4.83. The number of benzene rings is 2. The Labute approximate surface area is 405 Å². The van der Waals surface area contributed by atoms with Crippen LogP contribution in [0.3, 0.4) is 0 Å². The number of ketones is 5. The van der Waals surface area contributed by atoms with Gasteiger partial charge < -0.3 is 25.0 Å². The lowest BCUT2D eigenvalue weighted by molar-refractivity contribution is -0.235. The maximum atomic E-state index is 17.8. The lowest BCUT2D eigenvalue weighted by Gasteiger charge is -2.63. The Morgan fingerprint density at radius 2 is 1.64 bits per heavy atom. The van der Waals surface area contributed by atoms with Crippen LogP contribution in [0.5, 0.6) is 0 Å². The molecule has 0 spiro atoms. The number of Topliss-reactive ketones (excluding diaryl/α,β-unsaturated/α-hetero) is 4. The van der Waals surface area contributed by atoms with Gasteiger partial charge in [0.15, 0.2) is 34.9 Å². The Kier molecular flexibility index (Phi) is 16.5. The summed E-state index contributed by atoms with van der Waals surface area (Å²) in [6.07, 6.45) is 1.33. The molecular formula is C53H63F2NO12S. The van der Waals surface area contributed by atoms with Gasteiger partial charge in [-0.05, 0) is 93.0 Å². The Morgan fingerprint density at radius 3 is 2.29 bits per heavy atom. The number of hydrogen-bond donors (Lipinski definition) is 3. The minimum absolute atomic E-state index is 0.00793. The van der Waals surface area contributed by atoms with Crippen LogP contribution in [0.1, 0.15) is 121 Å². The van der Waals surface area contributed by atoms with E-state index >= 15 is 8.78 Å². The summed E-state index contributed by atoms with van der Waals surface area (Å²) in [5.41, 5.74) is -3.66. The molecule has 0 aromatic heterocycles. The molecule has 4 fully saturated rings. The Balaban J connectivity index is 0.00000254. The minimum atomic E-state index is -2.35. The van der Waals surface area contributed by atoms with E-state index in [1.165, 1.54) is 30.8 Å². The van der Waals surface area contributed by atoms with Crippen molar-refractivity contribution in [1.29, 1.82) is 0 Å². The summed E-state index contributed by atoms with van der Waals surface area (Å²) in [5.74, 6) is -4.10. The molecule has 1 heterocycles. The van der Waals surface area contributed by atoms with Crippen LogP contribution in [0.2, 0.25) is 0 Å². The van der Waals surface area contributed by atoms with Gasteiger partial charge in [0.1, 0.15) is 24.3 Å². The lowest BCUT2D eigenvalue weighted by atomic mass is 9.44. The number of halogens is 2. The summed E-state index contributed by atoms with van der Waals surface area (Å²) in [7, 11) is 0. The molecular weight excluding hydrogens is 913 g/mol. The molecule has 2 aromatic carbocycles. The third-order valence-corrected chi connectivity index (χ3v) is 16.9. The predicted molar refractivity (Wildman–Crippen MR) is 250 cm³/mol. The summed E-state index contributed by atoms with van der Waals surface area (Å²) in [6, 6.07) is 14.4. The van der Waals surface area contributed by atoms with Crippen molar-refractivity contribution in [3.63, 3.8) is 0 Å². The second-order valence-corrected chi connectivity index (χ2v) is 21.1. The number of nitrogens with one attached hydrogen (secondary N) is 1. The number of aliphatic hydroxyl groups is 2. The highest BCUT2D eigenvalue weighted by Crippen LogP contribution is 2.72. The molecule has 0 radical (unpaired) electrons. The monoisotopic (exact) mass is 975 g/mol. The third-order valence-electron chi connectivity index (χ3n) is 16.0. The molecule has 3 N–H and O–H groups in total. The normalized spacial score (nSPS) is 32.5. The number of allylic oxidation sites excluding steroid dienone is 4.